The first-order chi connectivity index (χ1) is 9.11. The SMILES string of the molecule is COCc1nc(CN2CCCCC2C)sc1C(C)=O. The van der Waals surface area contributed by atoms with E-state index in [9.17, 15) is 4.79 Å². The molecule has 0 spiro atoms. The predicted molar refractivity (Wildman–Crippen MR) is 76.6 cm³/mol. The van der Waals surface area contributed by atoms with Gasteiger partial charge in [0, 0.05) is 20.1 Å². The fraction of sp³-hybridized carbons (Fsp3) is 0.714. The van der Waals surface area contributed by atoms with Gasteiger partial charge in [-0.25, -0.2) is 4.98 Å². The van der Waals surface area contributed by atoms with E-state index >= 15 is 0 Å². The molecule has 1 atom stereocenters. The Morgan fingerprint density at radius 3 is 2.95 bits per heavy atom. The number of rotatable bonds is 5. The number of methoxy groups -OCH3 is 1. The Morgan fingerprint density at radius 2 is 2.32 bits per heavy atom. The number of hydrogen-bond acceptors (Lipinski definition) is 5. The van der Waals surface area contributed by atoms with E-state index in [1.54, 1.807) is 14.0 Å². The topological polar surface area (TPSA) is 42.4 Å². The van der Waals surface area contributed by atoms with Gasteiger partial charge in [0.05, 0.1) is 23.7 Å². The van der Waals surface area contributed by atoms with E-state index in [1.807, 2.05) is 0 Å². The first-order valence-corrected chi connectivity index (χ1v) is 7.66. The summed E-state index contributed by atoms with van der Waals surface area (Å²) in [6, 6.07) is 0.615. The second-order valence-electron chi connectivity index (χ2n) is 5.19. The first kappa shape index (κ1) is 14.6. The van der Waals surface area contributed by atoms with Gasteiger partial charge in [-0.05, 0) is 26.3 Å². The van der Waals surface area contributed by atoms with E-state index in [4.69, 9.17) is 4.74 Å². The van der Waals surface area contributed by atoms with Crippen LogP contribution in [0, 0.1) is 0 Å². The molecular weight excluding hydrogens is 260 g/mol. The molecular formula is C14H22N2O2S. The molecule has 2 heterocycles. The zero-order valence-electron chi connectivity index (χ0n) is 11.9. The van der Waals surface area contributed by atoms with E-state index in [1.165, 1.54) is 30.6 Å². The highest BCUT2D eigenvalue weighted by Gasteiger charge is 2.21. The van der Waals surface area contributed by atoms with Gasteiger partial charge in [-0.15, -0.1) is 11.3 Å². The monoisotopic (exact) mass is 282 g/mol. The van der Waals surface area contributed by atoms with Crippen LogP contribution in [0.5, 0.6) is 0 Å². The van der Waals surface area contributed by atoms with Crippen molar-refractivity contribution in [3.05, 3.63) is 15.6 Å². The van der Waals surface area contributed by atoms with Crippen molar-refractivity contribution in [2.45, 2.75) is 52.3 Å². The summed E-state index contributed by atoms with van der Waals surface area (Å²) >= 11 is 1.52. The molecule has 0 saturated carbocycles. The molecule has 0 aromatic carbocycles. The highest BCUT2D eigenvalue weighted by Crippen LogP contribution is 2.24. The van der Waals surface area contributed by atoms with Gasteiger partial charge in [0.2, 0.25) is 0 Å². The van der Waals surface area contributed by atoms with Crippen molar-refractivity contribution in [2.24, 2.45) is 0 Å². The summed E-state index contributed by atoms with van der Waals surface area (Å²) < 4.78 is 5.12. The number of piperidine rings is 1. The van der Waals surface area contributed by atoms with E-state index in [0.717, 1.165) is 28.7 Å². The molecule has 0 amide bonds. The average molecular weight is 282 g/mol. The van der Waals surface area contributed by atoms with Crippen LogP contribution in [0.3, 0.4) is 0 Å². The van der Waals surface area contributed by atoms with Crippen molar-refractivity contribution in [3.63, 3.8) is 0 Å². The van der Waals surface area contributed by atoms with Crippen molar-refractivity contribution >= 4 is 17.1 Å². The van der Waals surface area contributed by atoms with Crippen LogP contribution in [-0.2, 0) is 17.9 Å². The molecule has 0 radical (unpaired) electrons. The summed E-state index contributed by atoms with van der Waals surface area (Å²) in [6.45, 7) is 6.28. The molecule has 106 valence electrons. The maximum atomic E-state index is 11.6. The van der Waals surface area contributed by atoms with Crippen molar-refractivity contribution in [2.75, 3.05) is 13.7 Å². The zero-order valence-corrected chi connectivity index (χ0v) is 12.8. The number of carbonyl (C=O) groups is 1. The van der Waals surface area contributed by atoms with Crippen LogP contribution in [-0.4, -0.2) is 35.4 Å². The highest BCUT2D eigenvalue weighted by atomic mass is 32.1. The first-order valence-electron chi connectivity index (χ1n) is 6.84. The number of carbonyl (C=O) groups excluding carboxylic acids is 1. The number of ketones is 1. The minimum absolute atomic E-state index is 0.0856. The van der Waals surface area contributed by atoms with Crippen LogP contribution >= 0.6 is 11.3 Å². The number of thiazole rings is 1. The molecule has 1 aliphatic rings. The Labute approximate surface area is 118 Å². The molecule has 1 fully saturated rings. The second-order valence-corrected chi connectivity index (χ2v) is 6.27. The molecule has 1 unspecified atom stereocenters. The smallest absolute Gasteiger partial charge is 0.171 e. The van der Waals surface area contributed by atoms with Crippen LogP contribution < -0.4 is 0 Å². The maximum absolute atomic E-state index is 11.6. The Kier molecular flexibility index (Phi) is 5.07. The minimum Gasteiger partial charge on any atom is -0.378 e. The third kappa shape index (κ3) is 3.61. The zero-order chi connectivity index (χ0) is 13.8. The molecule has 5 heteroatoms. The second kappa shape index (κ2) is 6.59. The van der Waals surface area contributed by atoms with E-state index in [0.29, 0.717) is 12.6 Å². The van der Waals surface area contributed by atoms with E-state index in [-0.39, 0.29) is 5.78 Å². The molecule has 19 heavy (non-hydrogen) atoms. The van der Waals surface area contributed by atoms with Crippen LogP contribution in [0.15, 0.2) is 0 Å². The molecule has 1 aromatic rings. The van der Waals surface area contributed by atoms with Gasteiger partial charge in [0.25, 0.3) is 0 Å². The van der Waals surface area contributed by atoms with Gasteiger partial charge in [-0.1, -0.05) is 6.42 Å². The van der Waals surface area contributed by atoms with Crippen LogP contribution in [0.4, 0.5) is 0 Å². The standard InChI is InChI=1S/C14H22N2O2S/c1-10-6-4-5-7-16(10)8-13-15-12(9-18-3)14(19-13)11(2)17/h10H,4-9H2,1-3H3. The quantitative estimate of drug-likeness (QED) is 0.779. The number of aromatic nitrogens is 1. The van der Waals surface area contributed by atoms with Crippen molar-refractivity contribution < 1.29 is 9.53 Å². The number of nitrogens with zero attached hydrogens (tertiary/aromatic N) is 2. The summed E-state index contributed by atoms with van der Waals surface area (Å²) in [5.41, 5.74) is 0.791. The van der Waals surface area contributed by atoms with E-state index in [2.05, 4.69) is 16.8 Å². The summed E-state index contributed by atoms with van der Waals surface area (Å²) in [5.74, 6) is 0.0856. The van der Waals surface area contributed by atoms with Crippen LogP contribution in [0.25, 0.3) is 0 Å². The molecule has 1 saturated heterocycles. The Bertz CT molecular complexity index is 445. The number of likely N-dealkylation sites (tertiary alicyclic amines) is 1. The Morgan fingerprint density at radius 1 is 1.53 bits per heavy atom. The third-order valence-electron chi connectivity index (χ3n) is 3.62. The highest BCUT2D eigenvalue weighted by molar-refractivity contribution is 7.13. The van der Waals surface area contributed by atoms with Crippen LogP contribution in [0.2, 0.25) is 0 Å². The summed E-state index contributed by atoms with van der Waals surface area (Å²) in [5, 5.41) is 1.03. The number of hydrogen-bond donors (Lipinski definition) is 0. The normalized spacial score (nSPS) is 20.7. The van der Waals surface area contributed by atoms with Crippen molar-refractivity contribution in [1.29, 1.82) is 0 Å². The van der Waals surface area contributed by atoms with Gasteiger partial charge in [-0.2, -0.15) is 0 Å². The summed E-state index contributed by atoms with van der Waals surface area (Å²) in [7, 11) is 1.63. The Hall–Kier alpha value is -0.780. The molecule has 0 bridgehead atoms. The molecule has 4 nitrogen and oxygen atoms in total. The number of Topliss-reactive ketones (excluding diaryl/α,β-unsaturated/α-hetero) is 1. The third-order valence-corrected chi connectivity index (χ3v) is 4.80. The molecule has 0 N–H and O–H groups in total. The molecule has 0 aliphatic carbocycles. The number of ether oxygens (including phenoxy) is 1. The lowest BCUT2D eigenvalue weighted by Crippen LogP contribution is -2.36. The fourth-order valence-electron chi connectivity index (χ4n) is 2.54. The average Bonchev–Trinajstić information content (AvgIpc) is 2.76. The van der Waals surface area contributed by atoms with Gasteiger partial charge in [0.15, 0.2) is 5.78 Å². The van der Waals surface area contributed by atoms with Gasteiger partial charge < -0.3 is 4.74 Å². The molecule has 2 rings (SSSR count). The van der Waals surface area contributed by atoms with Crippen molar-refractivity contribution in [1.82, 2.24) is 9.88 Å². The predicted octanol–water partition coefficient (Wildman–Crippen LogP) is 2.87. The van der Waals surface area contributed by atoms with Crippen molar-refractivity contribution in [3.8, 4) is 0 Å². The minimum atomic E-state index is 0.0856. The largest absolute Gasteiger partial charge is 0.378 e. The fourth-order valence-corrected chi connectivity index (χ4v) is 3.53. The van der Waals surface area contributed by atoms with Gasteiger partial charge >= 0.3 is 0 Å². The van der Waals surface area contributed by atoms with E-state index < -0.39 is 0 Å². The lowest BCUT2D eigenvalue weighted by Gasteiger charge is -2.32. The van der Waals surface area contributed by atoms with Gasteiger partial charge in [-0.3, -0.25) is 9.69 Å². The summed E-state index contributed by atoms with van der Waals surface area (Å²) in [6.07, 6.45) is 3.85. The maximum Gasteiger partial charge on any atom is 0.171 e. The lowest BCUT2D eigenvalue weighted by molar-refractivity contribution is 0.101. The van der Waals surface area contributed by atoms with Gasteiger partial charge in [0.1, 0.15) is 5.01 Å². The molecule has 1 aromatic heterocycles. The summed E-state index contributed by atoms with van der Waals surface area (Å²) in [4.78, 5) is 19.4. The Balaban J connectivity index is 2.11. The van der Waals surface area contributed by atoms with Crippen LogP contribution in [0.1, 0.15) is 53.5 Å². The molecule has 1 aliphatic heterocycles. The lowest BCUT2D eigenvalue weighted by atomic mass is 10.0.